The highest BCUT2D eigenvalue weighted by atomic mass is 32.2. The molecule has 1 N–H and O–H groups in total. The van der Waals surface area contributed by atoms with Crippen molar-refractivity contribution in [1.82, 2.24) is 14.8 Å². The lowest BCUT2D eigenvalue weighted by molar-refractivity contribution is 0.00878. The molecule has 0 spiro atoms. The first-order valence-electron chi connectivity index (χ1n) is 9.49. The van der Waals surface area contributed by atoms with Gasteiger partial charge < -0.3 is 10.0 Å². The largest absolute Gasteiger partial charge is 0.383 e. The summed E-state index contributed by atoms with van der Waals surface area (Å²) in [7, 11) is 0. The minimum absolute atomic E-state index is 0.00454. The predicted octanol–water partition coefficient (Wildman–Crippen LogP) is 3.92. The quantitative estimate of drug-likeness (QED) is 0.580. The van der Waals surface area contributed by atoms with Gasteiger partial charge in [0.15, 0.2) is 0 Å². The summed E-state index contributed by atoms with van der Waals surface area (Å²) in [6.07, 6.45) is 3.94. The van der Waals surface area contributed by atoms with Gasteiger partial charge >= 0.3 is 0 Å². The SMILES string of the molecule is O[C@@](CCSC(=S)N1CCc2ccccc21)(Cn1cncn1)c1ccc(F)cc1F. The molecule has 0 saturated carbocycles. The molecular weight excluding hydrogens is 426 g/mol. The summed E-state index contributed by atoms with van der Waals surface area (Å²) in [4.78, 5) is 5.96. The van der Waals surface area contributed by atoms with E-state index in [9.17, 15) is 13.9 Å². The Kier molecular flexibility index (Phi) is 6.12. The molecule has 4 rings (SSSR count). The first-order chi connectivity index (χ1) is 14.5. The second kappa shape index (κ2) is 8.79. The predicted molar refractivity (Wildman–Crippen MR) is 117 cm³/mol. The number of para-hydroxylation sites is 1. The highest BCUT2D eigenvalue weighted by Gasteiger charge is 2.33. The molecule has 5 nitrogen and oxygen atoms in total. The van der Waals surface area contributed by atoms with Gasteiger partial charge in [-0.1, -0.05) is 48.2 Å². The minimum Gasteiger partial charge on any atom is -0.383 e. The molecule has 9 heteroatoms. The van der Waals surface area contributed by atoms with Crippen LogP contribution < -0.4 is 4.90 Å². The summed E-state index contributed by atoms with van der Waals surface area (Å²) < 4.78 is 30.0. The first kappa shape index (κ1) is 20.9. The Balaban J connectivity index is 1.48. The number of aromatic nitrogens is 3. The van der Waals surface area contributed by atoms with E-state index in [1.165, 1.54) is 40.7 Å². The number of thiocarbonyl (C=S) groups is 1. The van der Waals surface area contributed by atoms with Gasteiger partial charge in [0.2, 0.25) is 0 Å². The summed E-state index contributed by atoms with van der Waals surface area (Å²) in [6, 6.07) is 11.3. The molecule has 3 aromatic rings. The molecule has 2 heterocycles. The van der Waals surface area contributed by atoms with Crippen LogP contribution in [0, 0.1) is 11.6 Å². The van der Waals surface area contributed by atoms with Crippen molar-refractivity contribution in [3.63, 3.8) is 0 Å². The van der Waals surface area contributed by atoms with Crippen molar-refractivity contribution in [2.24, 2.45) is 0 Å². The molecule has 0 unspecified atom stereocenters. The maximum atomic E-state index is 14.5. The fourth-order valence-corrected chi connectivity index (χ4v) is 5.06. The Hall–Kier alpha value is -2.36. The number of halogens is 2. The Morgan fingerprint density at radius 2 is 2.07 bits per heavy atom. The average Bonchev–Trinajstić information content (AvgIpc) is 3.37. The normalized spacial score (nSPS) is 15.1. The molecular formula is C21H20F2N4OS2. The number of hydrogen-bond acceptors (Lipinski definition) is 5. The van der Waals surface area contributed by atoms with Gasteiger partial charge in [0.05, 0.1) is 6.54 Å². The molecule has 0 amide bonds. The van der Waals surface area contributed by atoms with Crippen LogP contribution in [0.4, 0.5) is 14.5 Å². The summed E-state index contributed by atoms with van der Waals surface area (Å²) in [5.41, 5.74) is 0.809. The molecule has 30 heavy (non-hydrogen) atoms. The number of nitrogens with zero attached hydrogens (tertiary/aromatic N) is 4. The zero-order valence-electron chi connectivity index (χ0n) is 16.0. The van der Waals surface area contributed by atoms with Crippen molar-refractivity contribution in [1.29, 1.82) is 0 Å². The van der Waals surface area contributed by atoms with E-state index in [0.29, 0.717) is 10.1 Å². The molecule has 0 saturated heterocycles. The molecule has 1 aliphatic rings. The second-order valence-corrected chi connectivity index (χ2v) is 8.87. The molecule has 2 aromatic carbocycles. The van der Waals surface area contributed by atoms with E-state index in [-0.39, 0.29) is 18.5 Å². The molecule has 156 valence electrons. The van der Waals surface area contributed by atoms with E-state index in [1.54, 1.807) is 0 Å². The molecule has 1 aromatic heterocycles. The van der Waals surface area contributed by atoms with Crippen LogP contribution in [0.15, 0.2) is 55.1 Å². The van der Waals surface area contributed by atoms with Gasteiger partial charge in [-0.3, -0.25) is 0 Å². The van der Waals surface area contributed by atoms with Crippen LogP contribution in [-0.2, 0) is 18.6 Å². The first-order valence-corrected chi connectivity index (χ1v) is 10.9. The lowest BCUT2D eigenvalue weighted by Gasteiger charge is -2.29. The van der Waals surface area contributed by atoms with Gasteiger partial charge in [-0.15, -0.1) is 0 Å². The number of hydrogen-bond donors (Lipinski definition) is 1. The van der Waals surface area contributed by atoms with Gasteiger partial charge in [-0.25, -0.2) is 18.4 Å². The summed E-state index contributed by atoms with van der Waals surface area (Å²) >= 11 is 7.05. The van der Waals surface area contributed by atoms with Gasteiger partial charge in [-0.2, -0.15) is 5.10 Å². The highest BCUT2D eigenvalue weighted by Crippen LogP contribution is 2.34. The van der Waals surface area contributed by atoms with E-state index in [0.717, 1.165) is 30.8 Å². The van der Waals surface area contributed by atoms with Crippen molar-refractivity contribution in [3.05, 3.63) is 77.9 Å². The fraction of sp³-hybridized carbons (Fsp3) is 0.286. The lowest BCUT2D eigenvalue weighted by Crippen LogP contribution is -2.34. The van der Waals surface area contributed by atoms with Gasteiger partial charge in [0.1, 0.15) is 34.2 Å². The highest BCUT2D eigenvalue weighted by molar-refractivity contribution is 8.23. The van der Waals surface area contributed by atoms with Crippen LogP contribution in [0.1, 0.15) is 17.5 Å². The van der Waals surface area contributed by atoms with Crippen molar-refractivity contribution >= 4 is 34.0 Å². The van der Waals surface area contributed by atoms with Crippen molar-refractivity contribution in [3.8, 4) is 0 Å². The van der Waals surface area contributed by atoms with Gasteiger partial charge in [0, 0.05) is 29.6 Å². The van der Waals surface area contributed by atoms with E-state index in [2.05, 4.69) is 21.0 Å². The Bertz CT molecular complexity index is 1050. The molecule has 0 fully saturated rings. The van der Waals surface area contributed by atoms with Crippen LogP contribution in [0.2, 0.25) is 0 Å². The van der Waals surface area contributed by atoms with E-state index >= 15 is 0 Å². The monoisotopic (exact) mass is 446 g/mol. The summed E-state index contributed by atoms with van der Waals surface area (Å²) in [6.45, 7) is 0.816. The van der Waals surface area contributed by atoms with Gasteiger partial charge in [-0.05, 0) is 30.5 Å². The number of anilines is 1. The average molecular weight is 447 g/mol. The van der Waals surface area contributed by atoms with Crippen LogP contribution in [0.25, 0.3) is 0 Å². The third kappa shape index (κ3) is 4.38. The number of aliphatic hydroxyl groups is 1. The van der Waals surface area contributed by atoms with E-state index in [4.69, 9.17) is 12.2 Å². The maximum absolute atomic E-state index is 14.5. The Morgan fingerprint density at radius 1 is 1.23 bits per heavy atom. The van der Waals surface area contributed by atoms with Crippen LogP contribution in [-0.4, -0.2) is 36.5 Å². The number of benzene rings is 2. The fourth-order valence-electron chi connectivity index (χ4n) is 3.66. The molecule has 0 aliphatic carbocycles. The minimum atomic E-state index is -1.59. The number of rotatable bonds is 6. The number of thioether (sulfide) groups is 1. The Morgan fingerprint density at radius 3 is 2.83 bits per heavy atom. The standard InChI is InChI=1S/C21H20F2N4OS2/c22-16-5-6-17(18(23)11-16)21(28,12-26-14-24-13-25-26)8-10-30-20(29)27-9-7-15-3-1-2-4-19(15)27/h1-6,11,13-14,28H,7-10,12H2/t21-/m0/s1. The zero-order chi connectivity index (χ0) is 21.1. The second-order valence-electron chi connectivity index (χ2n) is 7.14. The summed E-state index contributed by atoms with van der Waals surface area (Å²) in [5.74, 6) is -1.03. The molecule has 1 aliphatic heterocycles. The van der Waals surface area contributed by atoms with Crippen LogP contribution in [0.3, 0.4) is 0 Å². The van der Waals surface area contributed by atoms with Gasteiger partial charge in [0.25, 0.3) is 0 Å². The van der Waals surface area contributed by atoms with E-state index in [1.807, 2.05) is 18.2 Å². The summed E-state index contributed by atoms with van der Waals surface area (Å²) in [5, 5.41) is 15.4. The van der Waals surface area contributed by atoms with Crippen LogP contribution in [0.5, 0.6) is 0 Å². The zero-order valence-corrected chi connectivity index (χ0v) is 17.7. The molecule has 0 radical (unpaired) electrons. The van der Waals surface area contributed by atoms with Crippen LogP contribution >= 0.6 is 24.0 Å². The van der Waals surface area contributed by atoms with Crippen molar-refractivity contribution in [2.45, 2.75) is 25.0 Å². The lowest BCUT2D eigenvalue weighted by atomic mass is 9.90. The van der Waals surface area contributed by atoms with Crippen molar-refractivity contribution < 1.29 is 13.9 Å². The molecule has 0 bridgehead atoms. The third-order valence-corrected chi connectivity index (χ3v) is 6.62. The third-order valence-electron chi connectivity index (χ3n) is 5.17. The topological polar surface area (TPSA) is 54.2 Å². The number of fused-ring (bicyclic) bond motifs is 1. The van der Waals surface area contributed by atoms with Crippen molar-refractivity contribution in [2.75, 3.05) is 17.2 Å². The molecule has 1 atom stereocenters. The maximum Gasteiger partial charge on any atom is 0.140 e. The van der Waals surface area contributed by atoms with E-state index < -0.39 is 17.2 Å². The Labute approximate surface area is 182 Å². The smallest absolute Gasteiger partial charge is 0.140 e.